The minimum atomic E-state index is 0.421. The van der Waals surface area contributed by atoms with Crippen molar-refractivity contribution in [3.63, 3.8) is 0 Å². The second kappa shape index (κ2) is 4.47. The SMILES string of the molecule is C=C(Cl)CNC1CCCCC1(C)C. The molecule has 1 aliphatic rings. The van der Waals surface area contributed by atoms with Gasteiger partial charge in [0.1, 0.15) is 0 Å². The van der Waals surface area contributed by atoms with Crippen LogP contribution in [-0.2, 0) is 0 Å². The second-order valence-electron chi connectivity index (χ2n) is 4.69. The van der Waals surface area contributed by atoms with Crippen LogP contribution in [0.5, 0.6) is 0 Å². The van der Waals surface area contributed by atoms with Crippen molar-refractivity contribution in [2.24, 2.45) is 5.41 Å². The number of nitrogens with one attached hydrogen (secondary N) is 1. The monoisotopic (exact) mass is 201 g/mol. The van der Waals surface area contributed by atoms with Gasteiger partial charge in [-0.05, 0) is 18.3 Å². The number of rotatable bonds is 3. The molecule has 1 atom stereocenters. The van der Waals surface area contributed by atoms with Crippen LogP contribution < -0.4 is 5.32 Å². The lowest BCUT2D eigenvalue weighted by atomic mass is 9.73. The normalized spacial score (nSPS) is 27.2. The maximum atomic E-state index is 5.73. The predicted molar refractivity (Wildman–Crippen MR) is 59.0 cm³/mol. The van der Waals surface area contributed by atoms with Crippen molar-refractivity contribution in [2.45, 2.75) is 45.6 Å². The van der Waals surface area contributed by atoms with Gasteiger partial charge < -0.3 is 5.32 Å². The average molecular weight is 202 g/mol. The predicted octanol–water partition coefficient (Wildman–Crippen LogP) is 3.30. The molecule has 0 aromatic rings. The van der Waals surface area contributed by atoms with Gasteiger partial charge in [-0.2, -0.15) is 0 Å². The van der Waals surface area contributed by atoms with Crippen molar-refractivity contribution in [3.05, 3.63) is 11.6 Å². The Balaban J connectivity index is 2.41. The summed E-state index contributed by atoms with van der Waals surface area (Å²) in [4.78, 5) is 0. The molecule has 0 radical (unpaired) electrons. The summed E-state index contributed by atoms with van der Waals surface area (Å²) < 4.78 is 0. The minimum Gasteiger partial charge on any atom is -0.309 e. The first-order chi connectivity index (χ1) is 6.02. The Hall–Kier alpha value is -0.0100. The highest BCUT2D eigenvalue weighted by atomic mass is 35.5. The van der Waals surface area contributed by atoms with Crippen LogP contribution in [0.2, 0.25) is 0 Å². The van der Waals surface area contributed by atoms with Crippen molar-refractivity contribution >= 4 is 11.6 Å². The third kappa shape index (κ3) is 3.32. The van der Waals surface area contributed by atoms with Crippen molar-refractivity contribution in [2.75, 3.05) is 6.54 Å². The smallest absolute Gasteiger partial charge is 0.0310 e. The summed E-state index contributed by atoms with van der Waals surface area (Å²) >= 11 is 5.73. The molecule has 0 aromatic carbocycles. The molecule has 0 heterocycles. The molecule has 0 aliphatic heterocycles. The largest absolute Gasteiger partial charge is 0.309 e. The summed E-state index contributed by atoms with van der Waals surface area (Å²) in [5.41, 5.74) is 0.421. The molecular weight excluding hydrogens is 182 g/mol. The summed E-state index contributed by atoms with van der Waals surface area (Å²) in [5, 5.41) is 4.19. The van der Waals surface area contributed by atoms with Gasteiger partial charge in [0.05, 0.1) is 0 Å². The van der Waals surface area contributed by atoms with E-state index in [1.807, 2.05) is 0 Å². The Labute approximate surface area is 86.5 Å². The lowest BCUT2D eigenvalue weighted by molar-refractivity contribution is 0.172. The van der Waals surface area contributed by atoms with Crippen LogP contribution in [0, 0.1) is 5.41 Å². The topological polar surface area (TPSA) is 12.0 Å². The molecule has 0 aromatic heterocycles. The Morgan fingerprint density at radius 3 is 2.77 bits per heavy atom. The lowest BCUT2D eigenvalue weighted by Crippen LogP contribution is -2.44. The zero-order chi connectivity index (χ0) is 9.90. The maximum absolute atomic E-state index is 5.73. The molecule has 0 bridgehead atoms. The molecule has 13 heavy (non-hydrogen) atoms. The standard InChI is InChI=1S/C11H20ClN/c1-9(12)8-13-10-6-4-5-7-11(10,2)3/h10,13H,1,4-8H2,2-3H3. The Morgan fingerprint density at radius 2 is 2.23 bits per heavy atom. The van der Waals surface area contributed by atoms with Crippen molar-refractivity contribution < 1.29 is 0 Å². The molecular formula is C11H20ClN. The second-order valence-corrected chi connectivity index (χ2v) is 5.22. The lowest BCUT2D eigenvalue weighted by Gasteiger charge is -2.39. The highest BCUT2D eigenvalue weighted by molar-refractivity contribution is 6.29. The molecule has 1 unspecified atom stereocenters. The van der Waals surface area contributed by atoms with E-state index in [-0.39, 0.29) is 0 Å². The molecule has 0 saturated heterocycles. The molecule has 1 nitrogen and oxygen atoms in total. The summed E-state index contributed by atoms with van der Waals surface area (Å²) in [7, 11) is 0. The van der Waals surface area contributed by atoms with Crippen LogP contribution >= 0.6 is 11.6 Å². The fourth-order valence-electron chi connectivity index (χ4n) is 2.11. The molecule has 1 saturated carbocycles. The third-order valence-electron chi connectivity index (χ3n) is 3.05. The van der Waals surface area contributed by atoms with Crippen molar-refractivity contribution in [3.8, 4) is 0 Å². The van der Waals surface area contributed by atoms with Gasteiger partial charge >= 0.3 is 0 Å². The van der Waals surface area contributed by atoms with E-state index in [1.165, 1.54) is 25.7 Å². The fraction of sp³-hybridized carbons (Fsp3) is 0.818. The first kappa shape index (κ1) is 11.1. The van der Waals surface area contributed by atoms with Gasteiger partial charge in [-0.25, -0.2) is 0 Å². The maximum Gasteiger partial charge on any atom is 0.0310 e. The summed E-state index contributed by atoms with van der Waals surface area (Å²) in [5.74, 6) is 0. The highest BCUT2D eigenvalue weighted by Crippen LogP contribution is 2.35. The number of hydrogen-bond acceptors (Lipinski definition) is 1. The van der Waals surface area contributed by atoms with E-state index in [4.69, 9.17) is 11.6 Å². The van der Waals surface area contributed by atoms with Gasteiger partial charge in [-0.15, -0.1) is 0 Å². The summed E-state index contributed by atoms with van der Waals surface area (Å²) in [6.07, 6.45) is 5.31. The Bertz CT molecular complexity index is 187. The Morgan fingerprint density at radius 1 is 1.54 bits per heavy atom. The van der Waals surface area contributed by atoms with Crippen molar-refractivity contribution in [1.29, 1.82) is 0 Å². The zero-order valence-electron chi connectivity index (χ0n) is 8.70. The number of halogens is 1. The molecule has 1 rings (SSSR count). The Kier molecular flexibility index (Phi) is 3.81. The highest BCUT2D eigenvalue weighted by Gasteiger charge is 2.31. The van der Waals surface area contributed by atoms with E-state index in [1.54, 1.807) is 0 Å². The van der Waals surface area contributed by atoms with Crippen LogP contribution in [-0.4, -0.2) is 12.6 Å². The minimum absolute atomic E-state index is 0.421. The zero-order valence-corrected chi connectivity index (χ0v) is 9.45. The van der Waals surface area contributed by atoms with Gasteiger partial charge in [0.25, 0.3) is 0 Å². The van der Waals surface area contributed by atoms with Gasteiger partial charge in [0.2, 0.25) is 0 Å². The van der Waals surface area contributed by atoms with E-state index in [2.05, 4.69) is 25.7 Å². The summed E-state index contributed by atoms with van der Waals surface area (Å²) in [6.45, 7) is 9.10. The number of hydrogen-bond donors (Lipinski definition) is 1. The van der Waals surface area contributed by atoms with Crippen LogP contribution in [0.4, 0.5) is 0 Å². The van der Waals surface area contributed by atoms with Crippen LogP contribution in [0.1, 0.15) is 39.5 Å². The average Bonchev–Trinajstić information content (AvgIpc) is 2.01. The molecule has 1 fully saturated rings. The van der Waals surface area contributed by atoms with E-state index in [0.29, 0.717) is 16.5 Å². The molecule has 1 aliphatic carbocycles. The van der Waals surface area contributed by atoms with Crippen LogP contribution in [0.25, 0.3) is 0 Å². The van der Waals surface area contributed by atoms with Gasteiger partial charge in [0.15, 0.2) is 0 Å². The molecule has 0 amide bonds. The van der Waals surface area contributed by atoms with Crippen molar-refractivity contribution in [1.82, 2.24) is 5.32 Å². The van der Waals surface area contributed by atoms with E-state index >= 15 is 0 Å². The fourth-order valence-corrected chi connectivity index (χ4v) is 2.18. The first-order valence-electron chi connectivity index (χ1n) is 5.09. The van der Waals surface area contributed by atoms with Crippen LogP contribution in [0.15, 0.2) is 11.6 Å². The molecule has 1 N–H and O–H groups in total. The molecule has 2 heteroatoms. The molecule has 76 valence electrons. The van der Waals surface area contributed by atoms with E-state index in [0.717, 1.165) is 6.54 Å². The van der Waals surface area contributed by atoms with Gasteiger partial charge in [-0.1, -0.05) is 44.9 Å². The van der Waals surface area contributed by atoms with Gasteiger partial charge in [0, 0.05) is 17.6 Å². The first-order valence-corrected chi connectivity index (χ1v) is 5.47. The third-order valence-corrected chi connectivity index (χ3v) is 3.18. The quantitative estimate of drug-likeness (QED) is 0.739. The molecule has 0 spiro atoms. The van der Waals surface area contributed by atoms with Crippen LogP contribution in [0.3, 0.4) is 0 Å². The van der Waals surface area contributed by atoms with E-state index in [9.17, 15) is 0 Å². The van der Waals surface area contributed by atoms with E-state index < -0.39 is 0 Å². The van der Waals surface area contributed by atoms with Gasteiger partial charge in [-0.3, -0.25) is 0 Å². The summed E-state index contributed by atoms with van der Waals surface area (Å²) in [6, 6.07) is 0.608.